The highest BCUT2D eigenvalue weighted by atomic mass is 16.5. The Morgan fingerprint density at radius 3 is 2.29 bits per heavy atom. The number of nitrogens with zero attached hydrogens (tertiary/aromatic N) is 1. The highest BCUT2D eigenvalue weighted by molar-refractivity contribution is 5.58. The molecule has 136 valence electrons. The molecule has 0 amide bonds. The lowest BCUT2D eigenvalue weighted by Gasteiger charge is -2.43. The lowest BCUT2D eigenvalue weighted by molar-refractivity contribution is 0.0968. The van der Waals surface area contributed by atoms with Gasteiger partial charge in [0.15, 0.2) is 5.75 Å². The van der Waals surface area contributed by atoms with Crippen molar-refractivity contribution in [3.63, 3.8) is 0 Å². The average molecular weight is 333 g/mol. The Balaban J connectivity index is 1.95. The minimum atomic E-state index is 0.403. The van der Waals surface area contributed by atoms with Gasteiger partial charge < -0.3 is 10.1 Å². The predicted octanol–water partition coefficient (Wildman–Crippen LogP) is 5.83. The van der Waals surface area contributed by atoms with Gasteiger partial charge in [-0.3, -0.25) is 4.98 Å². The summed E-state index contributed by atoms with van der Waals surface area (Å²) >= 11 is 0. The van der Waals surface area contributed by atoms with Gasteiger partial charge in [0.25, 0.3) is 0 Å². The van der Waals surface area contributed by atoms with Gasteiger partial charge in [0.05, 0.1) is 18.5 Å². The van der Waals surface area contributed by atoms with Gasteiger partial charge in [-0.25, -0.2) is 0 Å². The normalized spacial score (nSPS) is 22.3. The fraction of sp³-hybridized carbons (Fsp3) is 0.762. The summed E-state index contributed by atoms with van der Waals surface area (Å²) in [5.41, 5.74) is 2.86. The number of methoxy groups -OCH3 is 1. The zero-order chi connectivity index (χ0) is 18.0. The summed E-state index contributed by atoms with van der Waals surface area (Å²) in [6.07, 6.45) is 8.25. The first-order chi connectivity index (χ1) is 11.1. The van der Waals surface area contributed by atoms with E-state index in [1.54, 1.807) is 7.11 Å². The average Bonchev–Trinajstić information content (AvgIpc) is 2.45. The van der Waals surface area contributed by atoms with E-state index >= 15 is 0 Å². The van der Waals surface area contributed by atoms with Crippen LogP contribution in [0.15, 0.2) is 12.3 Å². The molecule has 1 heterocycles. The third-order valence-electron chi connectivity index (χ3n) is 5.46. The Morgan fingerprint density at radius 2 is 1.75 bits per heavy atom. The van der Waals surface area contributed by atoms with Gasteiger partial charge in [0.1, 0.15) is 0 Å². The van der Waals surface area contributed by atoms with Crippen LogP contribution in [0.5, 0.6) is 5.75 Å². The molecule has 1 aliphatic carbocycles. The lowest BCUT2D eigenvalue weighted by Crippen LogP contribution is -2.35. The molecule has 0 radical (unpaired) electrons. The fourth-order valence-corrected chi connectivity index (χ4v) is 4.67. The number of ether oxygens (including phenoxy) is 1. The van der Waals surface area contributed by atoms with Crippen LogP contribution in [0.2, 0.25) is 0 Å². The molecular weight excluding hydrogens is 296 g/mol. The molecule has 0 aliphatic heterocycles. The SMILES string of the molecule is COc1c(N[C@H]2CC[C@H](C(C)(C)CC(C)(C)C)CC2)ccnc1C. The maximum Gasteiger partial charge on any atom is 0.163 e. The topological polar surface area (TPSA) is 34.1 Å². The molecule has 0 saturated heterocycles. The number of hydrogen-bond acceptors (Lipinski definition) is 3. The number of anilines is 1. The molecule has 1 aromatic rings. The number of pyridine rings is 1. The Labute approximate surface area is 148 Å². The van der Waals surface area contributed by atoms with E-state index in [4.69, 9.17) is 4.74 Å². The molecule has 1 saturated carbocycles. The second-order valence-corrected chi connectivity index (χ2v) is 9.40. The van der Waals surface area contributed by atoms with Gasteiger partial charge >= 0.3 is 0 Å². The molecule has 1 aromatic heterocycles. The molecule has 0 unspecified atom stereocenters. The van der Waals surface area contributed by atoms with Crippen LogP contribution in [-0.4, -0.2) is 18.1 Å². The number of aromatic nitrogens is 1. The summed E-state index contributed by atoms with van der Waals surface area (Å²) in [4.78, 5) is 4.32. The van der Waals surface area contributed by atoms with Gasteiger partial charge in [-0.1, -0.05) is 34.6 Å². The molecule has 3 heteroatoms. The highest BCUT2D eigenvalue weighted by Gasteiger charge is 2.36. The first-order valence-corrected chi connectivity index (χ1v) is 9.38. The zero-order valence-electron chi connectivity index (χ0n) is 16.7. The van der Waals surface area contributed by atoms with E-state index in [-0.39, 0.29) is 0 Å². The van der Waals surface area contributed by atoms with Crippen molar-refractivity contribution in [2.75, 3.05) is 12.4 Å². The summed E-state index contributed by atoms with van der Waals surface area (Å²) in [5.74, 6) is 1.71. The van der Waals surface area contributed by atoms with E-state index in [1.165, 1.54) is 32.1 Å². The molecule has 3 nitrogen and oxygen atoms in total. The molecule has 1 fully saturated rings. The second kappa shape index (κ2) is 7.33. The molecular formula is C21H36N2O. The zero-order valence-corrected chi connectivity index (χ0v) is 16.7. The van der Waals surface area contributed by atoms with Gasteiger partial charge in [-0.15, -0.1) is 0 Å². The van der Waals surface area contributed by atoms with Crippen LogP contribution in [-0.2, 0) is 0 Å². The highest BCUT2D eigenvalue weighted by Crippen LogP contribution is 2.45. The summed E-state index contributed by atoms with van der Waals surface area (Å²) in [5, 5.41) is 3.70. The lowest BCUT2D eigenvalue weighted by atomic mass is 9.64. The summed E-state index contributed by atoms with van der Waals surface area (Å²) in [6.45, 7) is 14.0. The summed E-state index contributed by atoms with van der Waals surface area (Å²) in [6, 6.07) is 2.57. The van der Waals surface area contributed by atoms with Crippen LogP contribution in [0, 0.1) is 23.7 Å². The molecule has 0 aromatic carbocycles. The Bertz CT molecular complexity index is 537. The third-order valence-corrected chi connectivity index (χ3v) is 5.46. The third kappa shape index (κ3) is 4.87. The van der Waals surface area contributed by atoms with Gasteiger partial charge in [0.2, 0.25) is 0 Å². The van der Waals surface area contributed by atoms with E-state index in [0.29, 0.717) is 16.9 Å². The smallest absolute Gasteiger partial charge is 0.163 e. The minimum Gasteiger partial charge on any atom is -0.493 e. The van der Waals surface area contributed by atoms with Crippen LogP contribution in [0.1, 0.15) is 72.4 Å². The Kier molecular flexibility index (Phi) is 5.83. The predicted molar refractivity (Wildman–Crippen MR) is 103 cm³/mol. The number of aryl methyl sites for hydroxylation is 1. The van der Waals surface area contributed by atoms with Crippen molar-refractivity contribution in [3.8, 4) is 5.75 Å². The van der Waals surface area contributed by atoms with E-state index in [0.717, 1.165) is 23.0 Å². The largest absolute Gasteiger partial charge is 0.493 e. The maximum absolute atomic E-state index is 5.52. The first-order valence-electron chi connectivity index (χ1n) is 9.38. The fourth-order valence-electron chi connectivity index (χ4n) is 4.67. The number of rotatable bonds is 5. The molecule has 0 bridgehead atoms. The molecule has 1 N–H and O–H groups in total. The molecule has 0 spiro atoms. The van der Waals surface area contributed by atoms with Crippen molar-refractivity contribution in [3.05, 3.63) is 18.0 Å². The van der Waals surface area contributed by atoms with E-state index in [2.05, 4.69) is 44.9 Å². The van der Waals surface area contributed by atoms with Crippen molar-refractivity contribution < 1.29 is 4.74 Å². The van der Waals surface area contributed by atoms with Crippen LogP contribution >= 0.6 is 0 Å². The van der Waals surface area contributed by atoms with Crippen LogP contribution in [0.3, 0.4) is 0 Å². The van der Waals surface area contributed by atoms with Crippen molar-refractivity contribution >= 4 is 5.69 Å². The molecule has 2 rings (SSSR count). The Morgan fingerprint density at radius 1 is 1.12 bits per heavy atom. The second-order valence-electron chi connectivity index (χ2n) is 9.40. The van der Waals surface area contributed by atoms with Crippen LogP contribution in [0.4, 0.5) is 5.69 Å². The van der Waals surface area contributed by atoms with E-state index in [1.807, 2.05) is 19.2 Å². The van der Waals surface area contributed by atoms with Gasteiger partial charge in [-0.2, -0.15) is 0 Å². The van der Waals surface area contributed by atoms with E-state index in [9.17, 15) is 0 Å². The quantitative estimate of drug-likeness (QED) is 0.736. The number of nitrogens with one attached hydrogen (secondary N) is 1. The number of hydrogen-bond donors (Lipinski definition) is 1. The maximum atomic E-state index is 5.52. The van der Waals surface area contributed by atoms with Crippen LogP contribution < -0.4 is 10.1 Å². The van der Waals surface area contributed by atoms with E-state index < -0.39 is 0 Å². The first kappa shape index (κ1) is 19.1. The van der Waals surface area contributed by atoms with Gasteiger partial charge in [0, 0.05) is 12.2 Å². The molecule has 0 atom stereocenters. The van der Waals surface area contributed by atoms with Crippen molar-refractivity contribution in [2.45, 2.75) is 79.7 Å². The van der Waals surface area contributed by atoms with Crippen molar-refractivity contribution in [2.24, 2.45) is 16.7 Å². The summed E-state index contributed by atoms with van der Waals surface area (Å²) < 4.78 is 5.52. The molecule has 1 aliphatic rings. The Hall–Kier alpha value is -1.25. The monoisotopic (exact) mass is 332 g/mol. The van der Waals surface area contributed by atoms with Crippen molar-refractivity contribution in [1.82, 2.24) is 4.98 Å². The van der Waals surface area contributed by atoms with Crippen LogP contribution in [0.25, 0.3) is 0 Å². The minimum absolute atomic E-state index is 0.403. The standard InChI is InChI=1S/C21H36N2O/c1-15-19(24-7)18(12-13-22-15)23-17-10-8-16(9-11-17)21(5,6)14-20(2,3)4/h12-13,16-17H,8-11,14H2,1-7H3,(H,22,23)/t16-,17-. The summed E-state index contributed by atoms with van der Waals surface area (Å²) in [7, 11) is 1.72. The van der Waals surface area contributed by atoms with Gasteiger partial charge in [-0.05, 0) is 61.8 Å². The molecule has 24 heavy (non-hydrogen) atoms. The van der Waals surface area contributed by atoms with Crippen molar-refractivity contribution in [1.29, 1.82) is 0 Å².